The molecule has 0 fully saturated rings. The first-order chi connectivity index (χ1) is 7.70. The monoisotopic (exact) mass is 261 g/mol. The second-order valence-corrected chi connectivity index (χ2v) is 4.77. The van der Waals surface area contributed by atoms with Crippen molar-refractivity contribution >= 4 is 30.4 Å². The molecule has 1 unspecified atom stereocenters. The Hall–Kier alpha value is -1.24. The van der Waals surface area contributed by atoms with Crippen molar-refractivity contribution in [3.63, 3.8) is 0 Å². The highest BCUT2D eigenvalue weighted by atomic mass is 32.1. The van der Waals surface area contributed by atoms with E-state index in [1.807, 2.05) is 0 Å². The predicted molar refractivity (Wildman–Crippen MR) is 67.4 cm³/mol. The Kier molecular flexibility index (Phi) is 6.01. The summed E-state index contributed by atoms with van der Waals surface area (Å²) in [4.78, 5) is 33.5. The standard InChI is InChI=1S/C10H19N3O3S/c1-6(14)13-7(4-17)8(15)12-5-10(2,3)9(11)16/h7,17H,4-5H2,1-3H3,(H2,11,16)(H,12,15)(H,13,14). The molecule has 0 saturated carbocycles. The van der Waals surface area contributed by atoms with Crippen LogP contribution >= 0.6 is 12.6 Å². The van der Waals surface area contributed by atoms with E-state index in [-0.39, 0.29) is 24.1 Å². The maximum absolute atomic E-state index is 11.7. The molecule has 0 aromatic heterocycles. The van der Waals surface area contributed by atoms with Gasteiger partial charge < -0.3 is 16.4 Å². The molecule has 0 bridgehead atoms. The van der Waals surface area contributed by atoms with Gasteiger partial charge in [0.25, 0.3) is 0 Å². The van der Waals surface area contributed by atoms with Crippen molar-refractivity contribution in [3.05, 3.63) is 0 Å². The van der Waals surface area contributed by atoms with Crippen LogP contribution in [0.3, 0.4) is 0 Å². The summed E-state index contributed by atoms with van der Waals surface area (Å²) in [6.07, 6.45) is 0. The van der Waals surface area contributed by atoms with Gasteiger partial charge in [-0.15, -0.1) is 0 Å². The van der Waals surface area contributed by atoms with E-state index < -0.39 is 17.4 Å². The average molecular weight is 261 g/mol. The van der Waals surface area contributed by atoms with E-state index in [2.05, 4.69) is 23.3 Å². The first-order valence-corrected chi connectivity index (χ1v) is 5.79. The number of carbonyl (C=O) groups excluding carboxylic acids is 3. The summed E-state index contributed by atoms with van der Waals surface area (Å²) in [6.45, 7) is 4.69. The maximum atomic E-state index is 11.7. The number of carbonyl (C=O) groups is 3. The van der Waals surface area contributed by atoms with Crippen LogP contribution in [0.2, 0.25) is 0 Å². The van der Waals surface area contributed by atoms with Crippen LogP contribution < -0.4 is 16.4 Å². The largest absolute Gasteiger partial charge is 0.369 e. The first-order valence-electron chi connectivity index (χ1n) is 5.16. The molecule has 0 aliphatic heterocycles. The molecule has 7 heteroatoms. The lowest BCUT2D eigenvalue weighted by Crippen LogP contribution is -2.51. The number of nitrogens with one attached hydrogen (secondary N) is 2. The number of nitrogens with two attached hydrogens (primary N) is 1. The summed E-state index contributed by atoms with van der Waals surface area (Å²) in [7, 11) is 0. The highest BCUT2D eigenvalue weighted by Crippen LogP contribution is 2.11. The van der Waals surface area contributed by atoms with Crippen molar-refractivity contribution in [3.8, 4) is 0 Å². The summed E-state index contributed by atoms with van der Waals surface area (Å²) >= 11 is 3.97. The van der Waals surface area contributed by atoms with E-state index in [0.717, 1.165) is 0 Å². The molecule has 0 aromatic rings. The topological polar surface area (TPSA) is 101 Å². The molecule has 0 aliphatic carbocycles. The van der Waals surface area contributed by atoms with Crippen LogP contribution in [0.1, 0.15) is 20.8 Å². The summed E-state index contributed by atoms with van der Waals surface area (Å²) in [5.74, 6) is -1.01. The number of hydrogen-bond donors (Lipinski definition) is 4. The van der Waals surface area contributed by atoms with Gasteiger partial charge >= 0.3 is 0 Å². The van der Waals surface area contributed by atoms with E-state index in [1.165, 1.54) is 6.92 Å². The van der Waals surface area contributed by atoms with Gasteiger partial charge in [0, 0.05) is 19.2 Å². The van der Waals surface area contributed by atoms with Gasteiger partial charge in [0.05, 0.1) is 5.41 Å². The van der Waals surface area contributed by atoms with Crippen molar-refractivity contribution in [2.24, 2.45) is 11.1 Å². The summed E-state index contributed by atoms with van der Waals surface area (Å²) in [5.41, 5.74) is 4.34. The molecule has 0 spiro atoms. The number of primary amides is 1. The van der Waals surface area contributed by atoms with E-state index >= 15 is 0 Å². The van der Waals surface area contributed by atoms with Gasteiger partial charge in [0.2, 0.25) is 17.7 Å². The zero-order valence-corrected chi connectivity index (χ0v) is 11.1. The lowest BCUT2D eigenvalue weighted by atomic mass is 9.93. The molecule has 4 N–H and O–H groups in total. The van der Waals surface area contributed by atoms with Crippen LogP contribution in [0.15, 0.2) is 0 Å². The molecule has 0 heterocycles. The molecule has 0 aromatic carbocycles. The summed E-state index contributed by atoms with van der Waals surface area (Å²) in [5, 5.41) is 5.01. The third kappa shape index (κ3) is 5.58. The molecule has 0 saturated heterocycles. The van der Waals surface area contributed by atoms with E-state index in [0.29, 0.717) is 0 Å². The van der Waals surface area contributed by atoms with E-state index in [9.17, 15) is 14.4 Å². The molecule has 98 valence electrons. The maximum Gasteiger partial charge on any atom is 0.243 e. The fourth-order valence-corrected chi connectivity index (χ4v) is 1.21. The van der Waals surface area contributed by atoms with Gasteiger partial charge in [-0.05, 0) is 13.8 Å². The van der Waals surface area contributed by atoms with Gasteiger partial charge in [0.15, 0.2) is 0 Å². The van der Waals surface area contributed by atoms with E-state index in [1.54, 1.807) is 13.8 Å². The Morgan fingerprint density at radius 2 is 1.88 bits per heavy atom. The number of thiol groups is 1. The van der Waals surface area contributed by atoms with Gasteiger partial charge in [-0.25, -0.2) is 0 Å². The van der Waals surface area contributed by atoms with Crippen molar-refractivity contribution in [2.45, 2.75) is 26.8 Å². The molecule has 17 heavy (non-hydrogen) atoms. The van der Waals surface area contributed by atoms with Crippen LogP contribution in [-0.4, -0.2) is 36.1 Å². The molecule has 0 radical (unpaired) electrons. The first kappa shape index (κ1) is 15.8. The Morgan fingerprint density at radius 1 is 1.35 bits per heavy atom. The van der Waals surface area contributed by atoms with Crippen LogP contribution in [0, 0.1) is 5.41 Å². The second-order valence-electron chi connectivity index (χ2n) is 4.40. The Morgan fingerprint density at radius 3 is 2.24 bits per heavy atom. The van der Waals surface area contributed by atoms with Crippen LogP contribution in [0.5, 0.6) is 0 Å². The average Bonchev–Trinajstić information content (AvgIpc) is 2.22. The fraction of sp³-hybridized carbons (Fsp3) is 0.700. The lowest BCUT2D eigenvalue weighted by molar-refractivity contribution is -0.129. The van der Waals surface area contributed by atoms with Crippen molar-refractivity contribution < 1.29 is 14.4 Å². The van der Waals surface area contributed by atoms with Crippen molar-refractivity contribution in [2.75, 3.05) is 12.3 Å². The molecule has 1 atom stereocenters. The lowest BCUT2D eigenvalue weighted by Gasteiger charge is -2.22. The van der Waals surface area contributed by atoms with Crippen LogP contribution in [-0.2, 0) is 14.4 Å². The minimum atomic E-state index is -0.826. The zero-order valence-electron chi connectivity index (χ0n) is 10.2. The molecular formula is C10H19N3O3S. The normalized spacial score (nSPS) is 12.7. The highest BCUT2D eigenvalue weighted by molar-refractivity contribution is 7.80. The third-order valence-corrected chi connectivity index (χ3v) is 2.61. The van der Waals surface area contributed by atoms with Crippen molar-refractivity contribution in [1.29, 1.82) is 0 Å². The quantitative estimate of drug-likeness (QED) is 0.464. The Bertz CT molecular complexity index is 318. The molecule has 0 aliphatic rings. The fourth-order valence-electron chi connectivity index (χ4n) is 0.958. The molecule has 0 rings (SSSR count). The second kappa shape index (κ2) is 6.48. The summed E-state index contributed by atoms with van der Waals surface area (Å²) < 4.78 is 0. The van der Waals surface area contributed by atoms with Gasteiger partial charge in [-0.1, -0.05) is 0 Å². The van der Waals surface area contributed by atoms with Gasteiger partial charge in [0.1, 0.15) is 6.04 Å². The minimum Gasteiger partial charge on any atom is -0.369 e. The van der Waals surface area contributed by atoms with Gasteiger partial charge in [-0.2, -0.15) is 12.6 Å². The number of amides is 3. The third-order valence-electron chi connectivity index (χ3n) is 2.25. The molecular weight excluding hydrogens is 242 g/mol. The molecule has 6 nitrogen and oxygen atoms in total. The minimum absolute atomic E-state index is 0.116. The Labute approximate surface area is 106 Å². The van der Waals surface area contributed by atoms with Crippen molar-refractivity contribution in [1.82, 2.24) is 10.6 Å². The number of rotatable bonds is 6. The smallest absolute Gasteiger partial charge is 0.243 e. The van der Waals surface area contributed by atoms with Crippen LogP contribution in [0.4, 0.5) is 0 Å². The zero-order chi connectivity index (χ0) is 13.6. The Balaban J connectivity index is 4.34. The molecule has 3 amide bonds. The van der Waals surface area contributed by atoms with Gasteiger partial charge in [-0.3, -0.25) is 14.4 Å². The SMILES string of the molecule is CC(=O)NC(CS)C(=O)NCC(C)(C)C(N)=O. The number of hydrogen-bond acceptors (Lipinski definition) is 4. The van der Waals surface area contributed by atoms with Crippen LogP contribution in [0.25, 0.3) is 0 Å². The predicted octanol–water partition coefficient (Wildman–Crippen LogP) is -0.951. The summed E-state index contributed by atoms with van der Waals surface area (Å²) in [6, 6.07) is -0.709. The highest BCUT2D eigenvalue weighted by Gasteiger charge is 2.27. The van der Waals surface area contributed by atoms with E-state index in [4.69, 9.17) is 5.73 Å².